The fraction of sp³-hybridized carbons (Fsp3) is 0.118. The van der Waals surface area contributed by atoms with Crippen molar-refractivity contribution in [3.63, 3.8) is 0 Å². The van der Waals surface area contributed by atoms with E-state index in [9.17, 15) is 22.8 Å². The number of benzene rings is 2. The number of carbonyl (C=O) groups excluding carboxylic acids is 2. The molecule has 5 nitrogen and oxygen atoms in total. The summed E-state index contributed by atoms with van der Waals surface area (Å²) >= 11 is 3.29. The summed E-state index contributed by atoms with van der Waals surface area (Å²) in [6.07, 6.45) is -3.70. The normalized spacial score (nSPS) is 11.4. The van der Waals surface area contributed by atoms with Crippen molar-refractivity contribution >= 4 is 39.6 Å². The van der Waals surface area contributed by atoms with Gasteiger partial charge < -0.3 is 5.32 Å². The first-order chi connectivity index (χ1) is 12.2. The van der Waals surface area contributed by atoms with Crippen LogP contribution in [0.4, 0.5) is 18.9 Å². The van der Waals surface area contributed by atoms with E-state index in [2.05, 4.69) is 31.8 Å². The molecule has 0 aliphatic carbocycles. The van der Waals surface area contributed by atoms with Gasteiger partial charge in [-0.2, -0.15) is 18.3 Å². The SMILES string of the molecule is O=C(CC(=O)Nc1cccc(C(F)(F)F)c1)N/N=C\c1cccc(Br)c1. The van der Waals surface area contributed by atoms with E-state index in [0.29, 0.717) is 0 Å². The lowest BCUT2D eigenvalue weighted by Crippen LogP contribution is -2.24. The molecule has 26 heavy (non-hydrogen) atoms. The van der Waals surface area contributed by atoms with Crippen molar-refractivity contribution in [2.24, 2.45) is 5.10 Å². The van der Waals surface area contributed by atoms with Crippen molar-refractivity contribution in [1.29, 1.82) is 0 Å². The Morgan fingerprint density at radius 1 is 1.08 bits per heavy atom. The second kappa shape index (κ2) is 8.61. The predicted octanol–water partition coefficient (Wildman–Crippen LogP) is 3.95. The number of nitrogens with zero attached hydrogens (tertiary/aromatic N) is 1. The summed E-state index contributed by atoms with van der Waals surface area (Å²) in [7, 11) is 0. The molecular weight excluding hydrogens is 415 g/mol. The molecule has 0 saturated heterocycles. The molecule has 0 bridgehead atoms. The number of halogens is 4. The molecule has 0 aromatic heterocycles. The van der Waals surface area contributed by atoms with Crippen LogP contribution in [0, 0.1) is 0 Å². The molecule has 0 aliphatic heterocycles. The van der Waals surface area contributed by atoms with Gasteiger partial charge in [-0.1, -0.05) is 34.1 Å². The van der Waals surface area contributed by atoms with E-state index in [1.807, 2.05) is 6.07 Å². The van der Waals surface area contributed by atoms with E-state index in [1.165, 1.54) is 18.3 Å². The van der Waals surface area contributed by atoms with Crippen molar-refractivity contribution in [2.75, 3.05) is 5.32 Å². The summed E-state index contributed by atoms with van der Waals surface area (Å²) in [5.74, 6) is -1.44. The van der Waals surface area contributed by atoms with Gasteiger partial charge in [0.15, 0.2) is 0 Å². The molecule has 2 aromatic carbocycles. The van der Waals surface area contributed by atoms with Crippen LogP contribution in [-0.4, -0.2) is 18.0 Å². The maximum atomic E-state index is 12.6. The highest BCUT2D eigenvalue weighted by molar-refractivity contribution is 9.10. The third kappa shape index (κ3) is 6.32. The van der Waals surface area contributed by atoms with Crippen LogP contribution < -0.4 is 10.7 Å². The van der Waals surface area contributed by atoms with Crippen LogP contribution >= 0.6 is 15.9 Å². The Morgan fingerprint density at radius 3 is 2.50 bits per heavy atom. The molecule has 2 aromatic rings. The molecule has 136 valence electrons. The first-order valence-electron chi connectivity index (χ1n) is 7.28. The molecule has 0 spiro atoms. The Labute approximate surface area is 155 Å². The van der Waals surface area contributed by atoms with E-state index in [1.54, 1.807) is 18.2 Å². The van der Waals surface area contributed by atoms with Crippen LogP contribution in [0.15, 0.2) is 58.1 Å². The van der Waals surface area contributed by atoms with Gasteiger partial charge in [-0.15, -0.1) is 0 Å². The molecule has 2 rings (SSSR count). The van der Waals surface area contributed by atoms with E-state index in [4.69, 9.17) is 0 Å². The Morgan fingerprint density at radius 2 is 1.81 bits per heavy atom. The minimum absolute atomic E-state index is 0.0461. The van der Waals surface area contributed by atoms with Crippen LogP contribution in [0.5, 0.6) is 0 Å². The fourth-order valence-corrected chi connectivity index (χ4v) is 2.35. The second-order valence-electron chi connectivity index (χ2n) is 5.15. The average molecular weight is 428 g/mol. The van der Waals surface area contributed by atoms with Crippen LogP contribution in [0.1, 0.15) is 17.5 Å². The van der Waals surface area contributed by atoms with Crippen LogP contribution in [0.2, 0.25) is 0 Å². The number of nitrogens with one attached hydrogen (secondary N) is 2. The lowest BCUT2D eigenvalue weighted by Gasteiger charge is -2.09. The van der Waals surface area contributed by atoms with Gasteiger partial charge in [0.2, 0.25) is 11.8 Å². The third-order valence-corrected chi connectivity index (χ3v) is 3.54. The molecule has 2 amide bonds. The maximum Gasteiger partial charge on any atom is 0.416 e. The summed E-state index contributed by atoms with van der Waals surface area (Å²) in [5.41, 5.74) is 1.97. The zero-order valence-electron chi connectivity index (χ0n) is 13.2. The largest absolute Gasteiger partial charge is 0.416 e. The highest BCUT2D eigenvalue weighted by Gasteiger charge is 2.30. The summed E-state index contributed by atoms with van der Waals surface area (Å²) in [4.78, 5) is 23.4. The maximum absolute atomic E-state index is 12.6. The standard InChI is InChI=1S/C17H13BrF3N3O2/c18-13-5-1-3-11(7-13)10-22-24-16(26)9-15(25)23-14-6-2-4-12(8-14)17(19,20)21/h1-8,10H,9H2,(H,23,25)(H,24,26)/b22-10-. The molecule has 9 heteroatoms. The number of anilines is 1. The van der Waals surface area contributed by atoms with Gasteiger partial charge in [-0.05, 0) is 35.9 Å². The number of hydrogen-bond donors (Lipinski definition) is 2. The van der Waals surface area contributed by atoms with Gasteiger partial charge >= 0.3 is 6.18 Å². The molecule has 0 radical (unpaired) electrons. The summed E-state index contributed by atoms with van der Waals surface area (Å²) in [6.45, 7) is 0. The van der Waals surface area contributed by atoms with E-state index < -0.39 is 30.0 Å². The van der Waals surface area contributed by atoms with Crippen molar-refractivity contribution in [1.82, 2.24) is 5.43 Å². The van der Waals surface area contributed by atoms with Crippen molar-refractivity contribution in [3.05, 3.63) is 64.1 Å². The number of alkyl halides is 3. The molecule has 0 atom stereocenters. The van der Waals surface area contributed by atoms with Crippen molar-refractivity contribution < 1.29 is 22.8 Å². The van der Waals surface area contributed by atoms with Crippen LogP contribution in [0.3, 0.4) is 0 Å². The van der Waals surface area contributed by atoms with Gasteiger partial charge in [0.05, 0.1) is 11.8 Å². The van der Waals surface area contributed by atoms with E-state index in [-0.39, 0.29) is 5.69 Å². The number of rotatable bonds is 5. The summed E-state index contributed by atoms with van der Waals surface area (Å²) in [5, 5.41) is 5.96. The Hall–Kier alpha value is -2.68. The number of carbonyl (C=O) groups is 2. The lowest BCUT2D eigenvalue weighted by molar-refractivity contribution is -0.137. The first-order valence-corrected chi connectivity index (χ1v) is 8.08. The minimum atomic E-state index is -4.51. The van der Waals surface area contributed by atoms with Gasteiger partial charge in [0.25, 0.3) is 0 Å². The number of amides is 2. The van der Waals surface area contributed by atoms with Crippen LogP contribution in [-0.2, 0) is 15.8 Å². The topological polar surface area (TPSA) is 70.6 Å². The Kier molecular flexibility index (Phi) is 6.51. The van der Waals surface area contributed by atoms with Crippen LogP contribution in [0.25, 0.3) is 0 Å². The Bertz CT molecular complexity index is 838. The smallest absolute Gasteiger partial charge is 0.326 e. The quantitative estimate of drug-likeness (QED) is 0.430. The highest BCUT2D eigenvalue weighted by atomic mass is 79.9. The molecule has 0 fully saturated rings. The molecule has 0 heterocycles. The highest BCUT2D eigenvalue weighted by Crippen LogP contribution is 2.30. The molecule has 0 unspecified atom stereocenters. The molecule has 2 N–H and O–H groups in total. The van der Waals surface area contributed by atoms with Gasteiger partial charge in [0, 0.05) is 10.2 Å². The second-order valence-corrected chi connectivity index (χ2v) is 6.07. The van der Waals surface area contributed by atoms with Gasteiger partial charge in [-0.3, -0.25) is 9.59 Å². The fourth-order valence-electron chi connectivity index (χ4n) is 1.93. The van der Waals surface area contributed by atoms with Gasteiger partial charge in [0.1, 0.15) is 6.42 Å². The zero-order chi connectivity index (χ0) is 19.2. The predicted molar refractivity (Wildman–Crippen MR) is 94.6 cm³/mol. The average Bonchev–Trinajstić information content (AvgIpc) is 2.54. The third-order valence-electron chi connectivity index (χ3n) is 3.05. The Balaban J connectivity index is 1.86. The molecule has 0 saturated carbocycles. The van der Waals surface area contributed by atoms with E-state index >= 15 is 0 Å². The lowest BCUT2D eigenvalue weighted by atomic mass is 10.2. The van der Waals surface area contributed by atoms with Gasteiger partial charge in [-0.25, -0.2) is 5.43 Å². The van der Waals surface area contributed by atoms with Crippen molar-refractivity contribution in [2.45, 2.75) is 12.6 Å². The molecular formula is C17H13BrF3N3O2. The first kappa shape index (κ1) is 19.6. The minimum Gasteiger partial charge on any atom is -0.326 e. The summed E-state index contributed by atoms with van der Waals surface area (Å²) < 4.78 is 38.7. The zero-order valence-corrected chi connectivity index (χ0v) is 14.8. The number of hydrazone groups is 1. The molecule has 0 aliphatic rings. The summed E-state index contributed by atoms with van der Waals surface area (Å²) in [6, 6.07) is 11.3. The van der Waals surface area contributed by atoms with E-state index in [0.717, 1.165) is 22.2 Å². The van der Waals surface area contributed by atoms with Crippen molar-refractivity contribution in [3.8, 4) is 0 Å². The monoisotopic (exact) mass is 427 g/mol. The number of hydrogen-bond acceptors (Lipinski definition) is 3.